The third-order valence-electron chi connectivity index (χ3n) is 3.02. The molecule has 0 aromatic heterocycles. The summed E-state index contributed by atoms with van der Waals surface area (Å²) in [6.45, 7) is 3.88. The van der Waals surface area contributed by atoms with E-state index in [4.69, 9.17) is 0 Å². The fourth-order valence-corrected chi connectivity index (χ4v) is 2.32. The molecule has 0 fully saturated rings. The van der Waals surface area contributed by atoms with Crippen LogP contribution in [0.3, 0.4) is 0 Å². The average molecular weight is 324 g/mol. The maximum absolute atomic E-state index is 13.2. The zero-order valence-corrected chi connectivity index (χ0v) is 12.3. The Morgan fingerprint density at radius 1 is 1.26 bits per heavy atom. The highest BCUT2D eigenvalue weighted by Crippen LogP contribution is 2.32. The number of halogens is 2. The predicted octanol–water partition coefficient (Wildman–Crippen LogP) is 4.78. The third kappa shape index (κ3) is 3.07. The molecule has 0 saturated carbocycles. The maximum atomic E-state index is 13.2. The van der Waals surface area contributed by atoms with Crippen LogP contribution in [-0.2, 0) is 0 Å². The number of nitrogens with one attached hydrogen (secondary N) is 1. The lowest BCUT2D eigenvalue weighted by atomic mass is 10.1. The third-order valence-corrected chi connectivity index (χ3v) is 4.07. The summed E-state index contributed by atoms with van der Waals surface area (Å²) in [5.74, 6) is -0.269. The monoisotopic (exact) mass is 323 g/mol. The van der Waals surface area contributed by atoms with Gasteiger partial charge >= 0.3 is 0 Å². The van der Waals surface area contributed by atoms with Gasteiger partial charge in [-0.1, -0.05) is 12.1 Å². The maximum Gasteiger partial charge on any atom is 0.123 e. The highest BCUT2D eigenvalue weighted by Gasteiger charge is 2.13. The number of anilines is 1. The summed E-state index contributed by atoms with van der Waals surface area (Å²) in [5, 5.41) is 13.1. The number of benzene rings is 2. The SMILES string of the molecule is Cc1cccc(NC(C)c2cc(F)ccc2O)c1Br. The fraction of sp³-hybridized carbons (Fsp3) is 0.200. The second kappa shape index (κ2) is 5.61. The standard InChI is InChI=1S/C15H15BrFNO/c1-9-4-3-5-13(15(9)16)18-10(2)12-8-11(17)6-7-14(12)19/h3-8,10,18-19H,1-2H3. The molecule has 0 aliphatic heterocycles. The zero-order valence-electron chi connectivity index (χ0n) is 10.7. The minimum atomic E-state index is -0.357. The minimum Gasteiger partial charge on any atom is -0.508 e. The molecule has 2 nitrogen and oxygen atoms in total. The minimum absolute atomic E-state index is 0.0881. The molecule has 2 aromatic carbocycles. The molecule has 0 aliphatic carbocycles. The molecule has 2 rings (SSSR count). The Labute approximate surface area is 120 Å². The van der Waals surface area contributed by atoms with Crippen LogP contribution in [0.15, 0.2) is 40.9 Å². The van der Waals surface area contributed by atoms with Crippen LogP contribution in [0.5, 0.6) is 5.75 Å². The fourth-order valence-electron chi connectivity index (χ4n) is 1.94. The van der Waals surface area contributed by atoms with E-state index in [1.807, 2.05) is 32.0 Å². The average Bonchev–Trinajstić information content (AvgIpc) is 2.38. The first-order valence-electron chi connectivity index (χ1n) is 5.99. The van der Waals surface area contributed by atoms with Crippen molar-refractivity contribution in [2.45, 2.75) is 19.9 Å². The first-order valence-corrected chi connectivity index (χ1v) is 6.78. The summed E-state index contributed by atoms with van der Waals surface area (Å²) >= 11 is 3.52. The predicted molar refractivity (Wildman–Crippen MR) is 79.0 cm³/mol. The summed E-state index contributed by atoms with van der Waals surface area (Å²) in [6.07, 6.45) is 0. The van der Waals surface area contributed by atoms with E-state index >= 15 is 0 Å². The molecule has 0 radical (unpaired) electrons. The van der Waals surface area contributed by atoms with Gasteiger partial charge < -0.3 is 10.4 Å². The Balaban J connectivity index is 2.28. The largest absolute Gasteiger partial charge is 0.508 e. The van der Waals surface area contributed by atoms with Crippen LogP contribution in [0.1, 0.15) is 24.1 Å². The molecular formula is C15H15BrFNO. The first kappa shape index (κ1) is 13.9. The number of aryl methyl sites for hydroxylation is 1. The summed E-state index contributed by atoms with van der Waals surface area (Å²) in [5.41, 5.74) is 2.56. The van der Waals surface area contributed by atoms with Gasteiger partial charge in [-0.15, -0.1) is 0 Å². The van der Waals surface area contributed by atoms with Crippen molar-refractivity contribution in [1.82, 2.24) is 0 Å². The number of phenolic OH excluding ortho intramolecular Hbond substituents is 1. The molecule has 100 valence electrons. The smallest absolute Gasteiger partial charge is 0.123 e. The van der Waals surface area contributed by atoms with Crippen LogP contribution in [0.4, 0.5) is 10.1 Å². The topological polar surface area (TPSA) is 32.3 Å². The summed E-state index contributed by atoms with van der Waals surface area (Å²) in [7, 11) is 0. The molecule has 0 heterocycles. The second-order valence-electron chi connectivity index (χ2n) is 4.51. The van der Waals surface area contributed by atoms with Crippen LogP contribution in [0.25, 0.3) is 0 Å². The number of phenols is 1. The van der Waals surface area contributed by atoms with Gasteiger partial charge in [0.1, 0.15) is 11.6 Å². The van der Waals surface area contributed by atoms with Gasteiger partial charge in [0.2, 0.25) is 0 Å². The lowest BCUT2D eigenvalue weighted by molar-refractivity contribution is 0.462. The van der Waals surface area contributed by atoms with E-state index in [1.165, 1.54) is 18.2 Å². The quantitative estimate of drug-likeness (QED) is 0.852. The van der Waals surface area contributed by atoms with Crippen LogP contribution >= 0.6 is 15.9 Å². The van der Waals surface area contributed by atoms with Gasteiger partial charge in [-0.05, 0) is 59.6 Å². The van der Waals surface area contributed by atoms with Crippen molar-refractivity contribution >= 4 is 21.6 Å². The second-order valence-corrected chi connectivity index (χ2v) is 5.30. The molecule has 19 heavy (non-hydrogen) atoms. The van der Waals surface area contributed by atoms with E-state index < -0.39 is 0 Å². The van der Waals surface area contributed by atoms with Gasteiger partial charge in [-0.25, -0.2) is 4.39 Å². The van der Waals surface area contributed by atoms with Crippen molar-refractivity contribution in [3.63, 3.8) is 0 Å². The van der Waals surface area contributed by atoms with Gasteiger partial charge in [0.05, 0.1) is 6.04 Å². The Kier molecular flexibility index (Phi) is 4.10. The molecule has 0 aliphatic rings. The molecular weight excluding hydrogens is 309 g/mol. The molecule has 1 unspecified atom stereocenters. The van der Waals surface area contributed by atoms with Crippen LogP contribution in [0, 0.1) is 12.7 Å². The van der Waals surface area contributed by atoms with Gasteiger partial charge in [0, 0.05) is 15.7 Å². The van der Waals surface area contributed by atoms with Crippen LogP contribution in [0.2, 0.25) is 0 Å². The van der Waals surface area contributed by atoms with Crippen molar-refractivity contribution in [3.8, 4) is 5.75 Å². The lowest BCUT2D eigenvalue weighted by Gasteiger charge is -2.18. The first-order chi connectivity index (χ1) is 8.99. The van der Waals surface area contributed by atoms with E-state index in [-0.39, 0.29) is 17.6 Å². The normalized spacial score (nSPS) is 12.2. The molecule has 2 N–H and O–H groups in total. The van der Waals surface area contributed by atoms with Gasteiger partial charge in [0.25, 0.3) is 0 Å². The summed E-state index contributed by atoms with van der Waals surface area (Å²) in [6, 6.07) is 9.64. The molecule has 0 saturated heterocycles. The number of aromatic hydroxyl groups is 1. The van der Waals surface area contributed by atoms with Gasteiger partial charge in [-0.2, -0.15) is 0 Å². The molecule has 2 aromatic rings. The number of hydrogen-bond acceptors (Lipinski definition) is 2. The van der Waals surface area contributed by atoms with Gasteiger partial charge in [0.15, 0.2) is 0 Å². The Bertz CT molecular complexity index is 601. The molecule has 0 amide bonds. The van der Waals surface area contributed by atoms with E-state index in [2.05, 4.69) is 21.2 Å². The van der Waals surface area contributed by atoms with E-state index in [1.54, 1.807) is 0 Å². The Morgan fingerprint density at radius 2 is 2.00 bits per heavy atom. The highest BCUT2D eigenvalue weighted by molar-refractivity contribution is 9.10. The zero-order chi connectivity index (χ0) is 14.0. The molecule has 0 bridgehead atoms. The van der Waals surface area contributed by atoms with Crippen molar-refractivity contribution in [2.75, 3.05) is 5.32 Å². The summed E-state index contributed by atoms with van der Waals surface area (Å²) < 4.78 is 14.2. The van der Waals surface area contributed by atoms with Crippen molar-refractivity contribution in [1.29, 1.82) is 0 Å². The van der Waals surface area contributed by atoms with E-state index in [0.717, 1.165) is 15.7 Å². The Hall–Kier alpha value is -1.55. The van der Waals surface area contributed by atoms with Crippen molar-refractivity contribution in [2.24, 2.45) is 0 Å². The molecule has 4 heteroatoms. The van der Waals surface area contributed by atoms with Crippen molar-refractivity contribution in [3.05, 3.63) is 57.8 Å². The van der Waals surface area contributed by atoms with Crippen LogP contribution < -0.4 is 5.32 Å². The highest BCUT2D eigenvalue weighted by atomic mass is 79.9. The Morgan fingerprint density at radius 3 is 2.74 bits per heavy atom. The van der Waals surface area contributed by atoms with E-state index in [0.29, 0.717) is 5.56 Å². The van der Waals surface area contributed by atoms with Crippen molar-refractivity contribution < 1.29 is 9.50 Å². The number of hydrogen-bond donors (Lipinski definition) is 2. The molecule has 1 atom stereocenters. The summed E-state index contributed by atoms with van der Waals surface area (Å²) in [4.78, 5) is 0. The van der Waals surface area contributed by atoms with Gasteiger partial charge in [-0.3, -0.25) is 0 Å². The van der Waals surface area contributed by atoms with E-state index in [9.17, 15) is 9.50 Å². The molecule has 0 spiro atoms. The number of rotatable bonds is 3. The van der Waals surface area contributed by atoms with Crippen LogP contribution in [-0.4, -0.2) is 5.11 Å². The lowest BCUT2D eigenvalue weighted by Crippen LogP contribution is -2.08.